The lowest BCUT2D eigenvalue weighted by Crippen LogP contribution is -2.54. The van der Waals surface area contributed by atoms with E-state index in [0.29, 0.717) is 11.4 Å². The first-order chi connectivity index (χ1) is 9.54. The fourth-order valence-corrected chi connectivity index (χ4v) is 3.10. The zero-order valence-electron chi connectivity index (χ0n) is 11.9. The number of hydrogen-bond donors (Lipinski definition) is 1. The Morgan fingerprint density at radius 2 is 1.85 bits per heavy atom. The van der Waals surface area contributed by atoms with Gasteiger partial charge in [0.15, 0.2) is 0 Å². The van der Waals surface area contributed by atoms with Crippen LogP contribution in [0.2, 0.25) is 5.02 Å². The van der Waals surface area contributed by atoms with Crippen molar-refractivity contribution >= 4 is 17.6 Å². The maximum absolute atomic E-state index is 11.9. The van der Waals surface area contributed by atoms with Gasteiger partial charge in [-0.2, -0.15) is 0 Å². The molecule has 0 aliphatic carbocycles. The van der Waals surface area contributed by atoms with Gasteiger partial charge in [-0.05, 0) is 44.5 Å². The van der Waals surface area contributed by atoms with Crippen LogP contribution in [0.5, 0.6) is 0 Å². The highest BCUT2D eigenvalue weighted by atomic mass is 35.5. The Labute approximate surface area is 125 Å². The quantitative estimate of drug-likeness (QED) is 0.922. The summed E-state index contributed by atoms with van der Waals surface area (Å²) >= 11 is 6.19. The van der Waals surface area contributed by atoms with Gasteiger partial charge in [0.1, 0.15) is 5.54 Å². The third kappa shape index (κ3) is 3.33. The van der Waals surface area contributed by atoms with E-state index in [2.05, 4.69) is 4.90 Å². The van der Waals surface area contributed by atoms with Crippen molar-refractivity contribution in [3.05, 3.63) is 34.9 Å². The Morgan fingerprint density at radius 3 is 2.40 bits per heavy atom. The average Bonchev–Trinajstić information content (AvgIpc) is 2.70. The zero-order chi connectivity index (χ0) is 14.6. The molecule has 1 heterocycles. The zero-order valence-corrected chi connectivity index (χ0v) is 12.7. The van der Waals surface area contributed by atoms with Gasteiger partial charge in [0.05, 0.1) is 0 Å². The van der Waals surface area contributed by atoms with Gasteiger partial charge in [-0.3, -0.25) is 9.69 Å². The highest BCUT2D eigenvalue weighted by Gasteiger charge is 2.40. The van der Waals surface area contributed by atoms with E-state index in [1.165, 1.54) is 12.8 Å². The van der Waals surface area contributed by atoms with Crippen LogP contribution in [0.25, 0.3) is 0 Å². The first-order valence-corrected chi connectivity index (χ1v) is 7.64. The van der Waals surface area contributed by atoms with Crippen LogP contribution in [0.4, 0.5) is 0 Å². The molecule has 1 fully saturated rings. The predicted octanol–water partition coefficient (Wildman–Crippen LogP) is 3.60. The molecular weight excluding hydrogens is 274 g/mol. The van der Waals surface area contributed by atoms with Crippen molar-refractivity contribution in [2.45, 2.75) is 44.6 Å². The van der Waals surface area contributed by atoms with Gasteiger partial charge in [-0.15, -0.1) is 0 Å². The largest absolute Gasteiger partial charge is 0.480 e. The Balaban J connectivity index is 2.24. The van der Waals surface area contributed by atoms with Crippen molar-refractivity contribution in [2.24, 2.45) is 0 Å². The van der Waals surface area contributed by atoms with Crippen LogP contribution in [0.3, 0.4) is 0 Å². The summed E-state index contributed by atoms with van der Waals surface area (Å²) in [5, 5.41) is 10.4. The predicted molar refractivity (Wildman–Crippen MR) is 81.2 cm³/mol. The molecule has 1 aliphatic heterocycles. The molecule has 1 aliphatic rings. The lowest BCUT2D eigenvalue weighted by atomic mass is 9.90. The van der Waals surface area contributed by atoms with Gasteiger partial charge in [-0.25, -0.2) is 0 Å². The van der Waals surface area contributed by atoms with E-state index in [0.717, 1.165) is 31.5 Å². The molecule has 0 amide bonds. The summed E-state index contributed by atoms with van der Waals surface area (Å²) in [6.45, 7) is 3.53. The van der Waals surface area contributed by atoms with Gasteiger partial charge < -0.3 is 5.11 Å². The van der Waals surface area contributed by atoms with E-state index in [-0.39, 0.29) is 0 Å². The average molecular weight is 296 g/mol. The third-order valence-electron chi connectivity index (χ3n) is 4.26. The van der Waals surface area contributed by atoms with Gasteiger partial charge in [0.25, 0.3) is 0 Å². The number of hydrogen-bond acceptors (Lipinski definition) is 2. The number of rotatable bonds is 4. The molecule has 1 unspecified atom stereocenters. The van der Waals surface area contributed by atoms with Crippen LogP contribution < -0.4 is 0 Å². The molecular formula is C16H22ClNO2. The van der Waals surface area contributed by atoms with Crippen molar-refractivity contribution in [2.75, 3.05) is 13.1 Å². The number of carboxylic acid groups (broad SMARTS) is 1. The Kier molecular flexibility index (Phi) is 5.06. The van der Waals surface area contributed by atoms with Crippen molar-refractivity contribution in [1.29, 1.82) is 0 Å². The van der Waals surface area contributed by atoms with Gasteiger partial charge in [0.2, 0.25) is 0 Å². The number of carboxylic acids is 1. The normalized spacial score (nSPS) is 20.1. The van der Waals surface area contributed by atoms with Crippen molar-refractivity contribution in [1.82, 2.24) is 4.90 Å². The number of likely N-dealkylation sites (tertiary alicyclic amines) is 1. The second-order valence-corrected chi connectivity index (χ2v) is 6.16. The lowest BCUT2D eigenvalue weighted by molar-refractivity contribution is -0.150. The van der Waals surface area contributed by atoms with Gasteiger partial charge in [0, 0.05) is 11.4 Å². The smallest absolute Gasteiger partial charge is 0.324 e. The number of carbonyl (C=O) groups is 1. The van der Waals surface area contributed by atoms with Crippen LogP contribution in [0, 0.1) is 0 Å². The standard InChI is InChI=1S/C16H22ClNO2/c1-16(15(19)20,18-10-6-2-3-7-11-18)12-13-8-4-5-9-14(13)17/h4-5,8-9H,2-3,6-7,10-12H2,1H3,(H,19,20). The topological polar surface area (TPSA) is 40.5 Å². The second kappa shape index (κ2) is 6.59. The first-order valence-electron chi connectivity index (χ1n) is 7.26. The number of halogens is 1. The second-order valence-electron chi connectivity index (χ2n) is 5.75. The molecule has 0 saturated carbocycles. The fraction of sp³-hybridized carbons (Fsp3) is 0.562. The van der Waals surface area contributed by atoms with Crippen LogP contribution in [0.15, 0.2) is 24.3 Å². The molecule has 20 heavy (non-hydrogen) atoms. The summed E-state index contributed by atoms with van der Waals surface area (Å²) < 4.78 is 0. The minimum absolute atomic E-state index is 0.446. The minimum atomic E-state index is -0.880. The Bertz CT molecular complexity index is 469. The van der Waals surface area contributed by atoms with E-state index in [9.17, 15) is 9.90 Å². The van der Waals surface area contributed by atoms with Crippen LogP contribution in [0.1, 0.15) is 38.2 Å². The molecule has 1 aromatic rings. The van der Waals surface area contributed by atoms with E-state index < -0.39 is 11.5 Å². The highest BCUT2D eigenvalue weighted by molar-refractivity contribution is 6.31. The molecule has 1 saturated heterocycles. The molecule has 4 heteroatoms. The molecule has 2 rings (SSSR count). The molecule has 0 bridgehead atoms. The van der Waals surface area contributed by atoms with E-state index in [4.69, 9.17) is 11.6 Å². The summed E-state index contributed by atoms with van der Waals surface area (Å²) in [6.07, 6.45) is 4.98. The maximum Gasteiger partial charge on any atom is 0.324 e. The number of aliphatic carboxylic acids is 1. The Morgan fingerprint density at radius 1 is 1.25 bits per heavy atom. The number of benzene rings is 1. The van der Waals surface area contributed by atoms with Crippen molar-refractivity contribution in [3.63, 3.8) is 0 Å². The molecule has 110 valence electrons. The molecule has 1 aromatic carbocycles. The van der Waals surface area contributed by atoms with Crippen LogP contribution in [-0.4, -0.2) is 34.6 Å². The van der Waals surface area contributed by atoms with Crippen LogP contribution >= 0.6 is 11.6 Å². The van der Waals surface area contributed by atoms with Gasteiger partial charge in [-0.1, -0.05) is 42.6 Å². The summed E-state index contributed by atoms with van der Waals surface area (Å²) in [4.78, 5) is 14.0. The fourth-order valence-electron chi connectivity index (χ4n) is 2.90. The SMILES string of the molecule is CC(Cc1ccccc1Cl)(C(=O)O)N1CCCCCC1. The summed E-state index contributed by atoms with van der Waals surface area (Å²) in [5.41, 5.74) is 0.0262. The molecule has 0 spiro atoms. The molecule has 0 aromatic heterocycles. The molecule has 1 atom stereocenters. The lowest BCUT2D eigenvalue weighted by Gasteiger charge is -2.37. The van der Waals surface area contributed by atoms with E-state index >= 15 is 0 Å². The monoisotopic (exact) mass is 295 g/mol. The minimum Gasteiger partial charge on any atom is -0.480 e. The van der Waals surface area contributed by atoms with Crippen molar-refractivity contribution in [3.8, 4) is 0 Å². The number of nitrogens with zero attached hydrogens (tertiary/aromatic N) is 1. The first kappa shape index (κ1) is 15.3. The molecule has 0 radical (unpaired) electrons. The van der Waals surface area contributed by atoms with Crippen LogP contribution in [-0.2, 0) is 11.2 Å². The highest BCUT2D eigenvalue weighted by Crippen LogP contribution is 2.28. The summed E-state index contributed by atoms with van der Waals surface area (Å²) in [5.74, 6) is -0.765. The van der Waals surface area contributed by atoms with E-state index in [1.54, 1.807) is 0 Å². The maximum atomic E-state index is 11.9. The van der Waals surface area contributed by atoms with Gasteiger partial charge >= 0.3 is 5.97 Å². The van der Waals surface area contributed by atoms with Crippen molar-refractivity contribution < 1.29 is 9.90 Å². The Hall–Kier alpha value is -1.06. The molecule has 3 nitrogen and oxygen atoms in total. The summed E-state index contributed by atoms with van der Waals surface area (Å²) in [6, 6.07) is 7.52. The van der Waals surface area contributed by atoms with E-state index in [1.807, 2.05) is 31.2 Å². The molecule has 1 N–H and O–H groups in total. The third-order valence-corrected chi connectivity index (χ3v) is 4.63. The summed E-state index contributed by atoms with van der Waals surface area (Å²) in [7, 11) is 0.